The third-order valence-electron chi connectivity index (χ3n) is 1.85. The minimum Gasteiger partial charge on any atom is -0.468 e. The van der Waals surface area contributed by atoms with E-state index in [0.29, 0.717) is 6.42 Å². The summed E-state index contributed by atoms with van der Waals surface area (Å²) in [5.41, 5.74) is 6.63. The minimum atomic E-state index is -0.589. The molecule has 84 valence electrons. The Balaban J connectivity index is 0.00000196. The number of ether oxygens (including phenoxy) is 1. The molecule has 0 fully saturated rings. The molecule has 0 aromatic heterocycles. The molecular weight excluding hydrogens is 281 g/mol. The Labute approximate surface area is 104 Å². The lowest BCUT2D eigenvalue weighted by atomic mass is 10.1. The second-order valence-electron chi connectivity index (χ2n) is 2.96. The highest BCUT2D eigenvalue weighted by molar-refractivity contribution is 9.10. The van der Waals surface area contributed by atoms with Crippen LogP contribution in [0.5, 0.6) is 0 Å². The van der Waals surface area contributed by atoms with Gasteiger partial charge in [0.2, 0.25) is 0 Å². The lowest BCUT2D eigenvalue weighted by molar-refractivity contribution is -0.142. The van der Waals surface area contributed by atoms with Gasteiger partial charge < -0.3 is 10.5 Å². The van der Waals surface area contributed by atoms with Crippen LogP contribution in [-0.2, 0) is 16.0 Å². The van der Waals surface area contributed by atoms with E-state index in [0.717, 1.165) is 10.0 Å². The van der Waals surface area contributed by atoms with Crippen molar-refractivity contribution < 1.29 is 9.53 Å². The summed E-state index contributed by atoms with van der Waals surface area (Å²) in [6, 6.07) is 7.10. The van der Waals surface area contributed by atoms with Gasteiger partial charge in [-0.15, -0.1) is 12.4 Å². The van der Waals surface area contributed by atoms with Crippen LogP contribution in [0.15, 0.2) is 28.7 Å². The summed E-state index contributed by atoms with van der Waals surface area (Å²) in [5.74, 6) is -0.384. The Morgan fingerprint density at radius 2 is 2.27 bits per heavy atom. The van der Waals surface area contributed by atoms with Gasteiger partial charge in [-0.25, -0.2) is 0 Å². The van der Waals surface area contributed by atoms with Gasteiger partial charge in [0.05, 0.1) is 7.11 Å². The van der Waals surface area contributed by atoms with Gasteiger partial charge in [-0.2, -0.15) is 0 Å². The van der Waals surface area contributed by atoms with E-state index in [1.165, 1.54) is 7.11 Å². The molecule has 1 aromatic carbocycles. The number of halogens is 2. The van der Waals surface area contributed by atoms with Gasteiger partial charge in [0, 0.05) is 4.47 Å². The number of carbonyl (C=O) groups excluding carboxylic acids is 1. The average molecular weight is 295 g/mol. The molecule has 0 spiro atoms. The van der Waals surface area contributed by atoms with Crippen molar-refractivity contribution in [3.05, 3.63) is 34.3 Å². The number of hydrogen-bond acceptors (Lipinski definition) is 3. The zero-order chi connectivity index (χ0) is 10.6. The highest BCUT2D eigenvalue weighted by Gasteiger charge is 2.13. The fourth-order valence-corrected chi connectivity index (χ4v) is 1.60. The molecule has 0 bridgehead atoms. The molecule has 1 atom stereocenters. The van der Waals surface area contributed by atoms with Crippen molar-refractivity contribution in [2.75, 3.05) is 7.11 Å². The van der Waals surface area contributed by atoms with Crippen molar-refractivity contribution in [2.45, 2.75) is 12.5 Å². The fourth-order valence-electron chi connectivity index (χ4n) is 1.15. The van der Waals surface area contributed by atoms with Crippen molar-refractivity contribution in [3.8, 4) is 0 Å². The molecule has 1 rings (SSSR count). The van der Waals surface area contributed by atoms with Crippen molar-refractivity contribution in [3.63, 3.8) is 0 Å². The van der Waals surface area contributed by atoms with Crippen LogP contribution in [0.2, 0.25) is 0 Å². The number of esters is 1. The van der Waals surface area contributed by atoms with Gasteiger partial charge in [-0.05, 0) is 24.1 Å². The molecule has 15 heavy (non-hydrogen) atoms. The molecule has 0 aliphatic heterocycles. The molecule has 0 aliphatic rings. The van der Waals surface area contributed by atoms with E-state index in [9.17, 15) is 4.79 Å². The maximum absolute atomic E-state index is 11.0. The predicted octanol–water partition coefficient (Wildman–Crippen LogP) is 1.91. The molecule has 0 unspecified atom stereocenters. The van der Waals surface area contributed by atoms with Crippen molar-refractivity contribution >= 4 is 34.3 Å². The van der Waals surface area contributed by atoms with Gasteiger partial charge in [0.25, 0.3) is 0 Å². The van der Waals surface area contributed by atoms with Crippen LogP contribution in [-0.4, -0.2) is 19.1 Å². The first-order chi connectivity index (χ1) is 6.63. The Bertz CT molecular complexity index is 333. The monoisotopic (exact) mass is 293 g/mol. The summed E-state index contributed by atoms with van der Waals surface area (Å²) in [6.45, 7) is 0. The first kappa shape index (κ1) is 14.4. The number of hydrogen-bond donors (Lipinski definition) is 1. The quantitative estimate of drug-likeness (QED) is 0.867. The Morgan fingerprint density at radius 3 is 2.80 bits per heavy atom. The summed E-state index contributed by atoms with van der Waals surface area (Å²) in [4.78, 5) is 11.0. The molecule has 0 heterocycles. The maximum atomic E-state index is 11.0. The van der Waals surface area contributed by atoms with Crippen LogP contribution >= 0.6 is 28.3 Å². The van der Waals surface area contributed by atoms with Crippen LogP contribution < -0.4 is 5.73 Å². The number of carbonyl (C=O) groups is 1. The van der Waals surface area contributed by atoms with E-state index in [1.54, 1.807) is 0 Å². The molecule has 5 heteroatoms. The number of nitrogens with two attached hydrogens (primary N) is 1. The van der Waals surface area contributed by atoms with Crippen LogP contribution in [0.3, 0.4) is 0 Å². The van der Waals surface area contributed by atoms with Crippen LogP contribution in [0.25, 0.3) is 0 Å². The molecule has 0 amide bonds. The Kier molecular flexibility index (Phi) is 6.56. The normalized spacial score (nSPS) is 11.4. The zero-order valence-electron chi connectivity index (χ0n) is 8.27. The first-order valence-electron chi connectivity index (χ1n) is 4.21. The van der Waals surface area contributed by atoms with Crippen molar-refractivity contribution in [1.82, 2.24) is 0 Å². The van der Waals surface area contributed by atoms with Crippen LogP contribution in [0.1, 0.15) is 5.56 Å². The summed E-state index contributed by atoms with van der Waals surface area (Å²) >= 11 is 3.35. The van der Waals surface area contributed by atoms with Crippen LogP contribution in [0.4, 0.5) is 0 Å². The van der Waals surface area contributed by atoms with Gasteiger partial charge in [0.1, 0.15) is 6.04 Å². The second kappa shape index (κ2) is 6.82. The lowest BCUT2D eigenvalue weighted by Gasteiger charge is -2.08. The average Bonchev–Trinajstić information content (AvgIpc) is 2.16. The van der Waals surface area contributed by atoms with Crippen molar-refractivity contribution in [1.29, 1.82) is 0 Å². The summed E-state index contributed by atoms with van der Waals surface area (Å²) < 4.78 is 5.52. The maximum Gasteiger partial charge on any atom is 0.322 e. The van der Waals surface area contributed by atoms with E-state index in [4.69, 9.17) is 5.73 Å². The SMILES string of the molecule is COC(=O)[C@@H](N)Cc1cccc(Br)c1.Cl. The summed E-state index contributed by atoms with van der Waals surface area (Å²) in [6.07, 6.45) is 0.492. The molecule has 0 radical (unpaired) electrons. The van der Waals surface area contributed by atoms with Crippen LogP contribution in [0, 0.1) is 0 Å². The largest absolute Gasteiger partial charge is 0.468 e. The van der Waals surface area contributed by atoms with E-state index >= 15 is 0 Å². The highest BCUT2D eigenvalue weighted by Crippen LogP contribution is 2.12. The standard InChI is InChI=1S/C10H12BrNO2.ClH/c1-14-10(13)9(12)6-7-3-2-4-8(11)5-7;/h2-5,9H,6,12H2,1H3;1H/t9-;/m0./s1. The summed E-state index contributed by atoms with van der Waals surface area (Å²) in [5, 5.41) is 0. The van der Waals surface area contributed by atoms with Gasteiger partial charge >= 0.3 is 5.97 Å². The predicted molar refractivity (Wildman–Crippen MR) is 65.1 cm³/mol. The zero-order valence-corrected chi connectivity index (χ0v) is 10.7. The number of methoxy groups -OCH3 is 1. The molecular formula is C10H13BrClNO2. The third kappa shape index (κ3) is 4.64. The summed E-state index contributed by atoms with van der Waals surface area (Å²) in [7, 11) is 1.34. The van der Waals surface area contributed by atoms with Gasteiger partial charge in [-0.1, -0.05) is 28.1 Å². The Hall–Kier alpha value is -0.580. The number of rotatable bonds is 3. The topological polar surface area (TPSA) is 52.3 Å². The van der Waals surface area contributed by atoms with E-state index < -0.39 is 6.04 Å². The van der Waals surface area contributed by atoms with E-state index in [1.807, 2.05) is 24.3 Å². The molecule has 0 saturated heterocycles. The molecule has 2 N–H and O–H groups in total. The van der Waals surface area contributed by atoms with Crippen molar-refractivity contribution in [2.24, 2.45) is 5.73 Å². The molecule has 3 nitrogen and oxygen atoms in total. The van der Waals surface area contributed by atoms with Gasteiger partial charge in [0.15, 0.2) is 0 Å². The van der Waals surface area contributed by atoms with Gasteiger partial charge in [-0.3, -0.25) is 4.79 Å². The highest BCUT2D eigenvalue weighted by atomic mass is 79.9. The second-order valence-corrected chi connectivity index (χ2v) is 3.88. The third-order valence-corrected chi connectivity index (χ3v) is 2.34. The van der Waals surface area contributed by atoms with E-state index in [-0.39, 0.29) is 18.4 Å². The molecule has 0 saturated carbocycles. The smallest absolute Gasteiger partial charge is 0.322 e. The first-order valence-corrected chi connectivity index (χ1v) is 5.00. The minimum absolute atomic E-state index is 0. The van der Waals surface area contributed by atoms with E-state index in [2.05, 4.69) is 20.7 Å². The molecule has 0 aliphatic carbocycles. The number of benzene rings is 1. The lowest BCUT2D eigenvalue weighted by Crippen LogP contribution is -2.33. The molecule has 1 aromatic rings. The fraction of sp³-hybridized carbons (Fsp3) is 0.300. The Morgan fingerprint density at radius 1 is 1.60 bits per heavy atom.